The number of carbonyl (C=O) groups excluding carboxylic acids is 1. The lowest BCUT2D eigenvalue weighted by molar-refractivity contribution is 0.0499. The summed E-state index contributed by atoms with van der Waals surface area (Å²) in [6.45, 7) is 5.51. The van der Waals surface area contributed by atoms with Crippen molar-refractivity contribution >= 4 is 6.09 Å². The number of alkyl carbamates (subject to hydrolysis) is 1. The molecule has 1 aromatic heterocycles. The van der Waals surface area contributed by atoms with Gasteiger partial charge >= 0.3 is 6.09 Å². The predicted molar refractivity (Wildman–Crippen MR) is 74.9 cm³/mol. The molecule has 0 radical (unpaired) electrons. The van der Waals surface area contributed by atoms with Gasteiger partial charge in [-0.15, -0.1) is 0 Å². The van der Waals surface area contributed by atoms with Crippen LogP contribution >= 0.6 is 0 Å². The van der Waals surface area contributed by atoms with Gasteiger partial charge in [-0.3, -0.25) is 9.97 Å². The van der Waals surface area contributed by atoms with Gasteiger partial charge < -0.3 is 15.8 Å². The Hall–Kier alpha value is -1.69. The van der Waals surface area contributed by atoms with Crippen LogP contribution in [-0.2, 0) is 4.74 Å². The monoisotopic (exact) mass is 278 g/mol. The number of nitrogens with zero attached hydrogens (tertiary/aromatic N) is 2. The summed E-state index contributed by atoms with van der Waals surface area (Å²) in [7, 11) is 0. The van der Waals surface area contributed by atoms with Crippen molar-refractivity contribution in [2.75, 3.05) is 0 Å². The van der Waals surface area contributed by atoms with Crippen molar-refractivity contribution in [1.29, 1.82) is 0 Å². The molecule has 0 saturated heterocycles. The van der Waals surface area contributed by atoms with Crippen LogP contribution in [-0.4, -0.2) is 21.7 Å². The molecule has 0 spiro atoms. The third kappa shape index (κ3) is 3.66. The van der Waals surface area contributed by atoms with E-state index in [0.717, 1.165) is 30.7 Å². The topological polar surface area (TPSA) is 90.1 Å². The summed E-state index contributed by atoms with van der Waals surface area (Å²) in [6, 6.07) is -0.314. The predicted octanol–water partition coefficient (Wildman–Crippen LogP) is 2.23. The number of aromatic nitrogens is 2. The van der Waals surface area contributed by atoms with Gasteiger partial charge in [0.15, 0.2) is 0 Å². The van der Waals surface area contributed by atoms with Gasteiger partial charge in [-0.25, -0.2) is 4.79 Å². The molecule has 0 saturated carbocycles. The summed E-state index contributed by atoms with van der Waals surface area (Å²) < 4.78 is 5.29. The molecule has 2 atom stereocenters. The van der Waals surface area contributed by atoms with Crippen LogP contribution in [0.5, 0.6) is 0 Å². The van der Waals surface area contributed by atoms with Crippen molar-refractivity contribution in [3.8, 4) is 0 Å². The van der Waals surface area contributed by atoms with Crippen molar-refractivity contribution < 1.29 is 9.53 Å². The van der Waals surface area contributed by atoms with Gasteiger partial charge in [0.05, 0.1) is 17.4 Å². The highest BCUT2D eigenvalue weighted by Crippen LogP contribution is 2.30. The van der Waals surface area contributed by atoms with Crippen LogP contribution in [0.25, 0.3) is 0 Å². The molecule has 1 aliphatic carbocycles. The summed E-state index contributed by atoms with van der Waals surface area (Å²) in [5.74, 6) is 0. The zero-order valence-corrected chi connectivity index (χ0v) is 12.2. The summed E-state index contributed by atoms with van der Waals surface area (Å²) in [5.41, 5.74) is 7.10. The molecule has 0 bridgehead atoms. The van der Waals surface area contributed by atoms with E-state index in [-0.39, 0.29) is 12.1 Å². The molecule has 1 heterocycles. The van der Waals surface area contributed by atoms with Gasteiger partial charge in [0.25, 0.3) is 0 Å². The second-order valence-corrected chi connectivity index (χ2v) is 6.06. The smallest absolute Gasteiger partial charge is 0.408 e. The number of hydrogen-bond donors (Lipinski definition) is 2. The maximum absolute atomic E-state index is 11.9. The fourth-order valence-electron chi connectivity index (χ4n) is 2.32. The van der Waals surface area contributed by atoms with Crippen LogP contribution in [0.4, 0.5) is 4.79 Å². The molecule has 110 valence electrons. The lowest BCUT2D eigenvalue weighted by atomic mass is 10.1. The summed E-state index contributed by atoms with van der Waals surface area (Å²) in [4.78, 5) is 20.6. The fourth-order valence-corrected chi connectivity index (χ4v) is 2.32. The lowest BCUT2D eigenvalue weighted by Crippen LogP contribution is -2.35. The molecule has 1 aromatic rings. The molecule has 6 heteroatoms. The molecule has 2 rings (SSSR count). The Morgan fingerprint density at radius 1 is 1.30 bits per heavy atom. The summed E-state index contributed by atoms with van der Waals surface area (Å²) in [5, 5.41) is 2.87. The second-order valence-electron chi connectivity index (χ2n) is 6.06. The van der Waals surface area contributed by atoms with Crippen molar-refractivity contribution in [1.82, 2.24) is 15.3 Å². The molecule has 3 N–H and O–H groups in total. The van der Waals surface area contributed by atoms with E-state index in [2.05, 4.69) is 15.3 Å². The Balaban J connectivity index is 2.16. The normalized spacial score (nSPS) is 22.6. The van der Waals surface area contributed by atoms with E-state index in [1.807, 2.05) is 20.8 Å². The molecular weight excluding hydrogens is 256 g/mol. The third-order valence-corrected chi connectivity index (χ3v) is 3.14. The molecule has 0 unspecified atom stereocenters. The zero-order valence-electron chi connectivity index (χ0n) is 12.2. The average Bonchev–Trinajstić information content (AvgIpc) is 2.49. The van der Waals surface area contributed by atoms with Crippen LogP contribution in [0.1, 0.15) is 63.5 Å². The van der Waals surface area contributed by atoms with Crippen LogP contribution in [0.15, 0.2) is 12.4 Å². The van der Waals surface area contributed by atoms with Gasteiger partial charge in [0.1, 0.15) is 5.60 Å². The summed E-state index contributed by atoms with van der Waals surface area (Å²) in [6.07, 6.45) is 5.38. The van der Waals surface area contributed by atoms with Crippen molar-refractivity contribution in [3.05, 3.63) is 23.8 Å². The third-order valence-electron chi connectivity index (χ3n) is 3.14. The largest absolute Gasteiger partial charge is 0.444 e. The van der Waals surface area contributed by atoms with E-state index in [1.54, 1.807) is 12.4 Å². The quantitative estimate of drug-likeness (QED) is 0.769. The number of hydrogen-bond acceptors (Lipinski definition) is 5. The molecule has 0 aromatic carbocycles. The van der Waals surface area contributed by atoms with Crippen LogP contribution < -0.4 is 11.1 Å². The van der Waals surface area contributed by atoms with Crippen LogP contribution in [0, 0.1) is 0 Å². The van der Waals surface area contributed by atoms with Crippen LogP contribution in [0.3, 0.4) is 0 Å². The number of fused-ring (bicyclic) bond motifs is 1. The maximum atomic E-state index is 11.9. The van der Waals surface area contributed by atoms with Gasteiger partial charge in [0, 0.05) is 18.4 Å². The Labute approximate surface area is 119 Å². The first-order chi connectivity index (χ1) is 9.37. The van der Waals surface area contributed by atoms with Crippen molar-refractivity contribution in [3.63, 3.8) is 0 Å². The molecule has 6 nitrogen and oxygen atoms in total. The molecule has 0 aliphatic heterocycles. The van der Waals surface area contributed by atoms with Crippen LogP contribution in [0.2, 0.25) is 0 Å². The number of rotatable bonds is 1. The fraction of sp³-hybridized carbons (Fsp3) is 0.643. The number of carbonyl (C=O) groups is 1. The standard InChI is InChI=1S/C14H22N4O2/c1-14(2,3)20-13(19)18-10-6-4-5-9(15)11-12(10)17-8-7-16-11/h7-10H,4-6,15H2,1-3H3,(H,18,19)/t9-,10+/m1/s1. The van der Waals surface area contributed by atoms with E-state index in [4.69, 9.17) is 10.5 Å². The minimum atomic E-state index is -0.517. The van der Waals surface area contributed by atoms with E-state index in [0.29, 0.717) is 0 Å². The van der Waals surface area contributed by atoms with Crippen molar-refractivity contribution in [2.24, 2.45) is 5.73 Å². The van der Waals surface area contributed by atoms with E-state index in [9.17, 15) is 4.79 Å². The van der Waals surface area contributed by atoms with Gasteiger partial charge in [0.2, 0.25) is 0 Å². The molecule has 20 heavy (non-hydrogen) atoms. The van der Waals surface area contributed by atoms with Crippen molar-refractivity contribution in [2.45, 2.75) is 57.7 Å². The molecule has 1 aliphatic rings. The first kappa shape index (κ1) is 14.7. The molecular formula is C14H22N4O2. The van der Waals surface area contributed by atoms with Gasteiger partial charge in [-0.05, 0) is 40.0 Å². The van der Waals surface area contributed by atoms with Gasteiger partial charge in [-0.2, -0.15) is 0 Å². The molecule has 0 fully saturated rings. The summed E-state index contributed by atoms with van der Waals surface area (Å²) >= 11 is 0. The highest BCUT2D eigenvalue weighted by molar-refractivity contribution is 5.68. The second kappa shape index (κ2) is 5.75. The first-order valence-corrected chi connectivity index (χ1v) is 6.93. The highest BCUT2D eigenvalue weighted by atomic mass is 16.6. The minimum absolute atomic E-state index is 0.121. The highest BCUT2D eigenvalue weighted by Gasteiger charge is 2.27. The maximum Gasteiger partial charge on any atom is 0.408 e. The number of nitrogens with one attached hydrogen (secondary N) is 1. The Morgan fingerprint density at radius 3 is 2.60 bits per heavy atom. The van der Waals surface area contributed by atoms with E-state index < -0.39 is 11.7 Å². The van der Waals surface area contributed by atoms with E-state index in [1.165, 1.54) is 0 Å². The van der Waals surface area contributed by atoms with E-state index >= 15 is 0 Å². The molecule has 1 amide bonds. The number of ether oxygens (including phenoxy) is 1. The zero-order chi connectivity index (χ0) is 14.8. The Bertz CT molecular complexity index is 484. The SMILES string of the molecule is CC(C)(C)OC(=O)N[C@H]1CCC[C@@H](N)c2nccnc21. The Kier molecular flexibility index (Phi) is 4.23. The Morgan fingerprint density at radius 2 is 1.95 bits per heavy atom. The number of nitrogens with two attached hydrogens (primary N) is 1. The lowest BCUT2D eigenvalue weighted by Gasteiger charge is -2.23. The van der Waals surface area contributed by atoms with Gasteiger partial charge in [-0.1, -0.05) is 0 Å². The number of amides is 1. The average molecular weight is 278 g/mol. The first-order valence-electron chi connectivity index (χ1n) is 6.93. The minimum Gasteiger partial charge on any atom is -0.444 e.